The smallest absolute Gasteiger partial charge is 0.366 e. The summed E-state index contributed by atoms with van der Waals surface area (Å²) in [6.45, 7) is 0. The third-order valence-corrected chi connectivity index (χ3v) is 1.96. The fourth-order valence-electron chi connectivity index (χ4n) is 1.26. The molecule has 1 aromatic heterocycles. The molecule has 0 aliphatic carbocycles. The van der Waals surface area contributed by atoms with Gasteiger partial charge in [-0.15, -0.1) is 13.2 Å². The van der Waals surface area contributed by atoms with E-state index in [1.165, 1.54) is 6.07 Å². The first kappa shape index (κ1) is 15.5. The predicted octanol–water partition coefficient (Wildman–Crippen LogP) is 2.89. The number of nitro groups is 1. The van der Waals surface area contributed by atoms with Gasteiger partial charge in [0.2, 0.25) is 0 Å². The number of nitriles is 1. The van der Waals surface area contributed by atoms with Gasteiger partial charge in [0.05, 0.1) is 18.1 Å². The minimum absolute atomic E-state index is 0.403. The van der Waals surface area contributed by atoms with Crippen LogP contribution in [0.25, 0.3) is 0 Å². The molecule has 0 spiro atoms. The largest absolute Gasteiger partial charge is 0.575 e. The van der Waals surface area contributed by atoms with Gasteiger partial charge in [0.1, 0.15) is 5.56 Å². The van der Waals surface area contributed by atoms with Crippen LogP contribution in [0.15, 0.2) is 6.07 Å². The number of halogens is 5. The van der Waals surface area contributed by atoms with Gasteiger partial charge >= 0.3 is 18.1 Å². The first-order valence-corrected chi connectivity index (χ1v) is 4.74. The second-order valence-corrected chi connectivity index (χ2v) is 3.31. The van der Waals surface area contributed by atoms with E-state index in [4.69, 9.17) is 5.26 Å². The standard InChI is InChI=1S/C9H4F5N3O3/c10-6(11)5-3-4(1-2-15)8(20-9(12,13)14)16-7(5)17(18)19/h3,6H,1H2. The van der Waals surface area contributed by atoms with Gasteiger partial charge in [-0.3, -0.25) is 0 Å². The molecule has 20 heavy (non-hydrogen) atoms. The molecule has 0 unspecified atom stereocenters. The summed E-state index contributed by atoms with van der Waals surface area (Å²) in [5.41, 5.74) is -1.81. The fourth-order valence-corrected chi connectivity index (χ4v) is 1.26. The Bertz CT molecular complexity index is 567. The zero-order valence-corrected chi connectivity index (χ0v) is 9.32. The third-order valence-electron chi connectivity index (χ3n) is 1.96. The predicted molar refractivity (Wildman–Crippen MR) is 51.8 cm³/mol. The Hall–Kier alpha value is -2.51. The topological polar surface area (TPSA) is 89.0 Å². The first-order chi connectivity index (χ1) is 9.15. The first-order valence-electron chi connectivity index (χ1n) is 4.74. The van der Waals surface area contributed by atoms with E-state index in [0.717, 1.165) is 0 Å². The minimum atomic E-state index is -5.22. The zero-order valence-electron chi connectivity index (χ0n) is 9.32. The monoisotopic (exact) mass is 297 g/mol. The van der Waals surface area contributed by atoms with Gasteiger partial charge in [0.25, 0.3) is 6.43 Å². The molecular weight excluding hydrogens is 293 g/mol. The Balaban J connectivity index is 3.45. The summed E-state index contributed by atoms with van der Waals surface area (Å²) in [5, 5.41) is 18.9. The highest BCUT2D eigenvalue weighted by molar-refractivity contribution is 5.43. The van der Waals surface area contributed by atoms with Crippen molar-refractivity contribution in [2.24, 2.45) is 0 Å². The summed E-state index contributed by atoms with van der Waals surface area (Å²) in [4.78, 5) is 12.0. The lowest BCUT2D eigenvalue weighted by Crippen LogP contribution is -2.19. The summed E-state index contributed by atoms with van der Waals surface area (Å²) < 4.78 is 64.8. The van der Waals surface area contributed by atoms with E-state index >= 15 is 0 Å². The van der Waals surface area contributed by atoms with E-state index in [2.05, 4.69) is 9.72 Å². The number of hydrogen-bond donors (Lipinski definition) is 0. The summed E-state index contributed by atoms with van der Waals surface area (Å²) in [6, 6.07) is 1.83. The van der Waals surface area contributed by atoms with Gasteiger partial charge in [-0.05, 0) is 11.0 Å². The van der Waals surface area contributed by atoms with Gasteiger partial charge in [0.15, 0.2) is 0 Å². The quantitative estimate of drug-likeness (QED) is 0.484. The Morgan fingerprint density at radius 1 is 1.50 bits per heavy atom. The fraction of sp³-hybridized carbons (Fsp3) is 0.333. The van der Waals surface area contributed by atoms with Crippen molar-refractivity contribution in [3.63, 3.8) is 0 Å². The van der Waals surface area contributed by atoms with E-state index in [9.17, 15) is 32.1 Å². The van der Waals surface area contributed by atoms with Crippen molar-refractivity contribution in [2.75, 3.05) is 0 Å². The van der Waals surface area contributed by atoms with Crippen molar-refractivity contribution in [1.29, 1.82) is 5.26 Å². The van der Waals surface area contributed by atoms with Crippen molar-refractivity contribution in [3.05, 3.63) is 27.3 Å². The summed E-state index contributed by atoms with van der Waals surface area (Å²) in [5.74, 6) is -2.75. The maximum absolute atomic E-state index is 12.6. The summed E-state index contributed by atoms with van der Waals surface area (Å²) in [7, 11) is 0. The molecule has 1 aromatic rings. The highest BCUT2D eigenvalue weighted by Crippen LogP contribution is 2.34. The van der Waals surface area contributed by atoms with Gasteiger partial charge in [-0.2, -0.15) is 5.26 Å². The molecule has 0 saturated carbocycles. The van der Waals surface area contributed by atoms with Crippen LogP contribution in [-0.2, 0) is 6.42 Å². The number of pyridine rings is 1. The van der Waals surface area contributed by atoms with E-state index in [1.54, 1.807) is 0 Å². The minimum Gasteiger partial charge on any atom is -0.366 e. The van der Waals surface area contributed by atoms with E-state index < -0.39 is 47.0 Å². The molecule has 0 amide bonds. The normalized spacial score (nSPS) is 11.2. The molecule has 0 atom stereocenters. The maximum atomic E-state index is 12.6. The lowest BCUT2D eigenvalue weighted by Gasteiger charge is -2.09. The van der Waals surface area contributed by atoms with Crippen LogP contribution in [-0.4, -0.2) is 16.3 Å². The van der Waals surface area contributed by atoms with Crippen molar-refractivity contribution in [2.45, 2.75) is 19.2 Å². The van der Waals surface area contributed by atoms with E-state index in [-0.39, 0.29) is 0 Å². The number of aromatic nitrogens is 1. The molecule has 0 aliphatic heterocycles. The Labute approximate surface area is 107 Å². The molecule has 0 bridgehead atoms. The van der Waals surface area contributed by atoms with Crippen LogP contribution in [0, 0.1) is 21.4 Å². The van der Waals surface area contributed by atoms with E-state index in [1.807, 2.05) is 0 Å². The van der Waals surface area contributed by atoms with Crippen LogP contribution in [0.4, 0.5) is 27.8 Å². The molecule has 0 radical (unpaired) electrons. The molecule has 0 fully saturated rings. The number of alkyl halides is 5. The second kappa shape index (κ2) is 5.64. The van der Waals surface area contributed by atoms with Crippen LogP contribution >= 0.6 is 0 Å². The zero-order chi connectivity index (χ0) is 15.5. The molecule has 108 valence electrons. The Morgan fingerprint density at radius 2 is 2.10 bits per heavy atom. The molecule has 6 nitrogen and oxygen atoms in total. The summed E-state index contributed by atoms with van der Waals surface area (Å²) in [6.07, 6.45) is -9.28. The number of ether oxygens (including phenoxy) is 1. The van der Waals surface area contributed by atoms with Crippen molar-refractivity contribution in [3.8, 4) is 11.9 Å². The molecular formula is C9H4F5N3O3. The van der Waals surface area contributed by atoms with Gasteiger partial charge in [-0.25, -0.2) is 8.78 Å². The molecule has 1 rings (SSSR count). The van der Waals surface area contributed by atoms with Gasteiger partial charge in [0, 0.05) is 4.98 Å². The van der Waals surface area contributed by atoms with Crippen molar-refractivity contribution in [1.82, 2.24) is 4.98 Å². The van der Waals surface area contributed by atoms with E-state index in [0.29, 0.717) is 6.07 Å². The van der Waals surface area contributed by atoms with Crippen LogP contribution in [0.3, 0.4) is 0 Å². The third kappa shape index (κ3) is 3.74. The highest BCUT2D eigenvalue weighted by atomic mass is 19.4. The number of nitrogens with zero attached hydrogens (tertiary/aromatic N) is 3. The molecule has 0 N–H and O–H groups in total. The molecule has 0 saturated heterocycles. The summed E-state index contributed by atoms with van der Waals surface area (Å²) >= 11 is 0. The Kier molecular flexibility index (Phi) is 4.38. The molecule has 1 heterocycles. The molecule has 0 aliphatic rings. The second-order valence-electron chi connectivity index (χ2n) is 3.31. The highest BCUT2D eigenvalue weighted by Gasteiger charge is 2.37. The van der Waals surface area contributed by atoms with Crippen LogP contribution in [0.2, 0.25) is 0 Å². The SMILES string of the molecule is N#CCc1cc(C(F)F)c([N+](=O)[O-])nc1OC(F)(F)F. The van der Waals surface area contributed by atoms with Crippen molar-refractivity contribution < 1.29 is 31.6 Å². The van der Waals surface area contributed by atoms with Crippen LogP contribution < -0.4 is 4.74 Å². The number of rotatable bonds is 4. The lowest BCUT2D eigenvalue weighted by molar-refractivity contribution is -0.391. The number of hydrogen-bond acceptors (Lipinski definition) is 5. The Morgan fingerprint density at radius 3 is 2.50 bits per heavy atom. The average molecular weight is 297 g/mol. The van der Waals surface area contributed by atoms with Crippen molar-refractivity contribution >= 4 is 5.82 Å². The van der Waals surface area contributed by atoms with Crippen LogP contribution in [0.5, 0.6) is 5.88 Å². The lowest BCUT2D eigenvalue weighted by atomic mass is 10.1. The molecule has 11 heteroatoms. The van der Waals surface area contributed by atoms with Gasteiger partial charge in [-0.1, -0.05) is 0 Å². The van der Waals surface area contributed by atoms with Crippen LogP contribution in [0.1, 0.15) is 17.6 Å². The maximum Gasteiger partial charge on any atom is 0.575 e. The van der Waals surface area contributed by atoms with Gasteiger partial charge < -0.3 is 14.9 Å². The average Bonchev–Trinajstić information content (AvgIpc) is 2.28. The molecule has 0 aromatic carbocycles.